The average Bonchev–Trinajstić information content (AvgIpc) is 2.35. The molecule has 7 heteroatoms. The molecule has 1 rings (SSSR count). The first kappa shape index (κ1) is 15.0. The van der Waals surface area contributed by atoms with Crippen LogP contribution in [0, 0.1) is 5.92 Å². The first-order chi connectivity index (χ1) is 9.11. The van der Waals surface area contributed by atoms with Gasteiger partial charge in [-0.1, -0.05) is 6.08 Å². The number of hydrogen-bond acceptors (Lipinski definition) is 4. The van der Waals surface area contributed by atoms with Crippen LogP contribution in [-0.2, 0) is 14.3 Å². The van der Waals surface area contributed by atoms with E-state index in [1.807, 2.05) is 0 Å². The number of ether oxygens (including phenoxy) is 1. The number of halogens is 1. The molecular formula is C12H17FN3O3+. The highest BCUT2D eigenvalue weighted by Crippen LogP contribution is 2.20. The van der Waals surface area contributed by atoms with Crippen LogP contribution in [0.3, 0.4) is 0 Å². The fraction of sp³-hybridized carbons (Fsp3) is 0.500. The molecule has 6 nitrogen and oxygen atoms in total. The monoisotopic (exact) mass is 270 g/mol. The zero-order chi connectivity index (χ0) is 14.1. The maximum Gasteiger partial charge on any atom is 0.350 e. The second-order valence-electron chi connectivity index (χ2n) is 3.94. The number of rotatable bonds is 6. The Hall–Kier alpha value is -2.05. The molecule has 1 aliphatic rings. The second kappa shape index (κ2) is 8.12. The largest absolute Gasteiger partial charge is 0.463 e. The van der Waals surface area contributed by atoms with Gasteiger partial charge in [0.15, 0.2) is 0 Å². The SMILES string of the molecule is CCOC(=O)C[NH+]=NNC(=O)CC1C=C(F)C=CC1. The molecule has 0 spiro atoms. The highest BCUT2D eigenvalue weighted by molar-refractivity contribution is 5.76. The lowest BCUT2D eigenvalue weighted by atomic mass is 9.97. The molecule has 0 fully saturated rings. The Bertz CT molecular complexity index is 418. The van der Waals surface area contributed by atoms with Crippen LogP contribution in [0.25, 0.3) is 0 Å². The van der Waals surface area contributed by atoms with E-state index >= 15 is 0 Å². The number of amides is 1. The van der Waals surface area contributed by atoms with Crippen molar-refractivity contribution in [1.82, 2.24) is 5.43 Å². The smallest absolute Gasteiger partial charge is 0.350 e. The summed E-state index contributed by atoms with van der Waals surface area (Å²) in [6.45, 7) is 1.87. The molecule has 1 unspecified atom stereocenters. The highest BCUT2D eigenvalue weighted by Gasteiger charge is 2.16. The van der Waals surface area contributed by atoms with Gasteiger partial charge in [0, 0.05) is 0 Å². The summed E-state index contributed by atoms with van der Waals surface area (Å²) in [6, 6.07) is 0. The molecule has 2 N–H and O–H groups in total. The summed E-state index contributed by atoms with van der Waals surface area (Å²) in [4.78, 5) is 22.4. The number of carbonyl (C=O) groups is 2. The van der Waals surface area contributed by atoms with E-state index in [9.17, 15) is 14.0 Å². The van der Waals surface area contributed by atoms with Crippen molar-refractivity contribution in [2.75, 3.05) is 13.2 Å². The molecule has 0 aromatic heterocycles. The molecule has 0 bridgehead atoms. The van der Waals surface area contributed by atoms with E-state index in [1.165, 1.54) is 12.2 Å². The van der Waals surface area contributed by atoms with Gasteiger partial charge in [0.05, 0.1) is 18.3 Å². The molecule has 0 saturated carbocycles. The predicted molar refractivity (Wildman–Crippen MR) is 64.1 cm³/mol. The second-order valence-corrected chi connectivity index (χ2v) is 3.94. The van der Waals surface area contributed by atoms with Gasteiger partial charge in [0.25, 0.3) is 0 Å². The average molecular weight is 270 g/mol. The lowest BCUT2D eigenvalue weighted by Gasteiger charge is -2.10. The fourth-order valence-electron chi connectivity index (χ4n) is 1.55. The van der Waals surface area contributed by atoms with Gasteiger partial charge in [-0.2, -0.15) is 5.11 Å². The lowest BCUT2D eigenvalue weighted by molar-refractivity contribution is -0.527. The summed E-state index contributed by atoms with van der Waals surface area (Å²) in [6.07, 6.45) is 5.23. The number of carbonyl (C=O) groups excluding carboxylic acids is 2. The molecule has 0 saturated heterocycles. The topological polar surface area (TPSA) is 81.7 Å². The first-order valence-corrected chi connectivity index (χ1v) is 6.02. The van der Waals surface area contributed by atoms with Crippen LogP contribution in [0.15, 0.2) is 29.3 Å². The third-order valence-electron chi connectivity index (χ3n) is 2.35. The normalized spacial score (nSPS) is 18.2. The molecule has 0 aromatic carbocycles. The Morgan fingerprint density at radius 1 is 1.63 bits per heavy atom. The summed E-state index contributed by atoms with van der Waals surface area (Å²) < 4.78 is 17.6. The molecule has 1 aliphatic carbocycles. The van der Waals surface area contributed by atoms with E-state index in [2.05, 4.69) is 20.5 Å². The van der Waals surface area contributed by atoms with Crippen molar-refractivity contribution >= 4 is 11.9 Å². The fourth-order valence-corrected chi connectivity index (χ4v) is 1.55. The molecule has 0 radical (unpaired) electrons. The van der Waals surface area contributed by atoms with Crippen molar-refractivity contribution < 1.29 is 23.8 Å². The van der Waals surface area contributed by atoms with E-state index in [0.29, 0.717) is 13.0 Å². The van der Waals surface area contributed by atoms with Crippen molar-refractivity contribution in [3.05, 3.63) is 24.1 Å². The Labute approximate surface area is 110 Å². The van der Waals surface area contributed by atoms with Gasteiger partial charge in [0.1, 0.15) is 5.83 Å². The Balaban J connectivity index is 2.23. The lowest BCUT2D eigenvalue weighted by Crippen LogP contribution is -2.70. The van der Waals surface area contributed by atoms with Gasteiger partial charge >= 0.3 is 11.9 Å². The third-order valence-corrected chi connectivity index (χ3v) is 2.35. The molecule has 19 heavy (non-hydrogen) atoms. The van der Waals surface area contributed by atoms with Gasteiger partial charge in [-0.25, -0.2) is 14.0 Å². The maximum atomic E-state index is 12.9. The number of esters is 1. The van der Waals surface area contributed by atoms with Crippen LogP contribution >= 0.6 is 0 Å². The van der Waals surface area contributed by atoms with Crippen LogP contribution in [0.1, 0.15) is 19.8 Å². The van der Waals surface area contributed by atoms with Gasteiger partial charge in [-0.15, -0.1) is 5.43 Å². The summed E-state index contributed by atoms with van der Waals surface area (Å²) in [7, 11) is 0. The van der Waals surface area contributed by atoms with Gasteiger partial charge < -0.3 is 4.74 Å². The minimum absolute atomic E-state index is 0.116. The van der Waals surface area contributed by atoms with E-state index in [4.69, 9.17) is 0 Å². The van der Waals surface area contributed by atoms with Crippen molar-refractivity contribution in [1.29, 1.82) is 0 Å². The van der Waals surface area contributed by atoms with Crippen molar-refractivity contribution in [2.24, 2.45) is 11.1 Å². The van der Waals surface area contributed by atoms with Gasteiger partial charge in [0.2, 0.25) is 6.54 Å². The van der Waals surface area contributed by atoms with Crippen LogP contribution in [0.2, 0.25) is 0 Å². The highest BCUT2D eigenvalue weighted by atomic mass is 19.1. The summed E-state index contributed by atoms with van der Waals surface area (Å²) >= 11 is 0. The molecule has 0 aliphatic heterocycles. The van der Waals surface area contributed by atoms with Crippen molar-refractivity contribution in [3.63, 3.8) is 0 Å². The molecule has 1 atom stereocenters. The van der Waals surface area contributed by atoms with Crippen LogP contribution in [0.5, 0.6) is 0 Å². The van der Waals surface area contributed by atoms with Crippen molar-refractivity contribution in [2.45, 2.75) is 19.8 Å². The summed E-state index contributed by atoms with van der Waals surface area (Å²) in [5.74, 6) is -1.30. The van der Waals surface area contributed by atoms with E-state index in [1.54, 1.807) is 13.0 Å². The number of nitrogens with one attached hydrogen (secondary N) is 2. The third kappa shape index (κ3) is 6.44. The zero-order valence-corrected chi connectivity index (χ0v) is 10.7. The van der Waals surface area contributed by atoms with Crippen molar-refractivity contribution in [3.8, 4) is 0 Å². The van der Waals surface area contributed by atoms with E-state index in [0.717, 1.165) is 0 Å². The maximum absolute atomic E-state index is 12.9. The van der Waals surface area contributed by atoms with Crippen LogP contribution in [-0.4, -0.2) is 25.0 Å². The number of allylic oxidation sites excluding steroid dienone is 4. The minimum Gasteiger partial charge on any atom is -0.463 e. The molecular weight excluding hydrogens is 253 g/mol. The first-order valence-electron chi connectivity index (χ1n) is 6.02. The Morgan fingerprint density at radius 2 is 2.42 bits per heavy atom. The van der Waals surface area contributed by atoms with Gasteiger partial charge in [-0.3, -0.25) is 0 Å². The molecule has 0 aromatic rings. The van der Waals surface area contributed by atoms with E-state index in [-0.39, 0.29) is 30.6 Å². The molecule has 1 amide bonds. The standard InChI is InChI=1S/C12H16FN3O3/c1-2-19-12(18)8-14-16-15-11(17)7-9-4-3-5-10(13)6-9/h3,5-6,9H,2,4,7-8H2,1H3,(H,14,15,17)/p+1. The molecule has 0 heterocycles. The summed E-state index contributed by atoms with van der Waals surface area (Å²) in [5, 5.41) is 5.86. The number of hydrogen-bond donors (Lipinski definition) is 2. The van der Waals surface area contributed by atoms with Crippen LogP contribution < -0.4 is 10.5 Å². The number of nitrogens with zero attached hydrogens (tertiary/aromatic N) is 1. The Morgan fingerprint density at radius 3 is 3.11 bits per heavy atom. The molecule has 104 valence electrons. The zero-order valence-electron chi connectivity index (χ0n) is 10.7. The van der Waals surface area contributed by atoms with E-state index < -0.39 is 5.97 Å². The summed E-state index contributed by atoms with van der Waals surface area (Å²) in [5.41, 5.74) is 2.23. The minimum atomic E-state index is -0.456. The Kier molecular flexibility index (Phi) is 6.42. The predicted octanol–water partition coefficient (Wildman–Crippen LogP) is -0.0669. The van der Waals surface area contributed by atoms with Gasteiger partial charge in [-0.05, 0) is 31.4 Å². The van der Waals surface area contributed by atoms with Crippen LogP contribution in [0.4, 0.5) is 4.39 Å². The quantitative estimate of drug-likeness (QED) is 0.403.